The summed E-state index contributed by atoms with van der Waals surface area (Å²) < 4.78 is 25.7. The predicted octanol–water partition coefficient (Wildman–Crippen LogP) is 5.49. The average molecular weight is 529 g/mol. The Morgan fingerprint density at radius 3 is 1.83 bits per heavy atom. The fourth-order valence-electron chi connectivity index (χ4n) is 5.57. The van der Waals surface area contributed by atoms with E-state index in [1.165, 1.54) is 17.3 Å². The van der Waals surface area contributed by atoms with Crippen molar-refractivity contribution < 1.29 is 23.1 Å². The van der Waals surface area contributed by atoms with E-state index in [2.05, 4.69) is 103 Å². The van der Waals surface area contributed by atoms with Crippen LogP contribution in [0.1, 0.15) is 48.0 Å². The Labute approximate surface area is 219 Å². The fourth-order valence-corrected chi connectivity index (χ4v) is 11.9. The summed E-state index contributed by atoms with van der Waals surface area (Å²) in [7, 11) is -4.52. The summed E-state index contributed by atoms with van der Waals surface area (Å²) in [4.78, 5) is 11.9. The smallest absolute Gasteiger partial charge is 0.304 e. The van der Waals surface area contributed by atoms with E-state index in [1.54, 1.807) is 0 Å². The van der Waals surface area contributed by atoms with Crippen molar-refractivity contribution in [2.24, 2.45) is 5.92 Å². The lowest BCUT2D eigenvalue weighted by Crippen LogP contribution is -2.67. The molecule has 0 saturated carbocycles. The van der Waals surface area contributed by atoms with E-state index < -0.39 is 28.5 Å². The van der Waals surface area contributed by atoms with E-state index >= 15 is 0 Å². The molecule has 0 N–H and O–H groups in total. The summed E-state index contributed by atoms with van der Waals surface area (Å²) in [5.41, 5.74) is -0.489. The number of benzene rings is 2. The van der Waals surface area contributed by atoms with Crippen LogP contribution in [0.4, 0.5) is 0 Å². The molecule has 0 aromatic heterocycles. The number of esters is 1. The zero-order valence-corrected chi connectivity index (χ0v) is 25.5. The molecule has 0 aliphatic carbocycles. The third kappa shape index (κ3) is 6.56. The Hall–Kier alpha value is -1.78. The van der Waals surface area contributed by atoms with Crippen molar-refractivity contribution in [2.75, 3.05) is 6.61 Å². The van der Waals surface area contributed by atoms with Crippen molar-refractivity contribution in [3.8, 4) is 0 Å². The van der Waals surface area contributed by atoms with Gasteiger partial charge in [0.15, 0.2) is 8.32 Å². The lowest BCUT2D eigenvalue weighted by atomic mass is 9.88. The molecular weight excluding hydrogens is 484 g/mol. The van der Waals surface area contributed by atoms with Crippen molar-refractivity contribution in [3.05, 3.63) is 60.7 Å². The molecule has 2 aromatic rings. The van der Waals surface area contributed by atoms with Crippen LogP contribution in [0, 0.1) is 5.92 Å². The number of ether oxygens (including phenoxy) is 2. The molecule has 2 aromatic carbocycles. The predicted molar refractivity (Wildman–Crippen MR) is 151 cm³/mol. The third-order valence-corrected chi connectivity index (χ3v) is 13.0. The molecule has 3 rings (SSSR count). The maximum atomic E-state index is 11.9. The van der Waals surface area contributed by atoms with Crippen molar-refractivity contribution in [1.82, 2.24) is 0 Å². The summed E-state index contributed by atoms with van der Waals surface area (Å²) >= 11 is 0. The summed E-state index contributed by atoms with van der Waals surface area (Å²) in [6.45, 7) is 19.4. The number of hydrogen-bond acceptors (Lipinski definition) is 5. The van der Waals surface area contributed by atoms with Crippen LogP contribution < -0.4 is 10.4 Å². The number of rotatable bonds is 9. The van der Waals surface area contributed by atoms with Crippen LogP contribution in [0.2, 0.25) is 24.7 Å². The molecule has 0 radical (unpaired) electrons. The van der Waals surface area contributed by atoms with Gasteiger partial charge in [0, 0.05) is 6.92 Å². The van der Waals surface area contributed by atoms with Crippen LogP contribution in [-0.2, 0) is 23.1 Å². The van der Waals surface area contributed by atoms with Crippen LogP contribution in [0.3, 0.4) is 0 Å². The van der Waals surface area contributed by atoms with Crippen LogP contribution in [0.15, 0.2) is 60.7 Å². The second kappa shape index (κ2) is 10.9. The molecule has 1 heterocycles. The van der Waals surface area contributed by atoms with E-state index in [0.717, 1.165) is 0 Å². The SMILES string of the molecule is CC(=O)OC1O[C@H](CO[Si](c2ccccc2)(c2ccccc2)C(C)(C)C)C[C@H]1C(C)(C)O[Si](C)(C)C. The standard InChI is InChI=1S/C29H44O5Si2/c1-22(30)32-27-26(29(5,6)34-35(7,8)9)20-23(33-27)21-31-36(28(2,3)4,24-16-12-10-13-17-24)25-18-14-11-15-19-25/h10-19,23,26-27H,20-21H2,1-9H3/t23-,26+,27?/m0/s1. The minimum atomic E-state index is -2.69. The van der Waals surface area contributed by atoms with Gasteiger partial charge in [0.05, 0.1) is 24.2 Å². The quantitative estimate of drug-likeness (QED) is 0.318. The van der Waals surface area contributed by atoms with Crippen LogP contribution in [0.25, 0.3) is 0 Å². The van der Waals surface area contributed by atoms with Crippen molar-refractivity contribution in [1.29, 1.82) is 0 Å². The maximum Gasteiger partial charge on any atom is 0.304 e. The van der Waals surface area contributed by atoms with E-state index in [0.29, 0.717) is 13.0 Å². The molecule has 1 aliphatic rings. The minimum absolute atomic E-state index is 0.0825. The normalized spacial score (nSPS) is 21.4. The van der Waals surface area contributed by atoms with Crippen molar-refractivity contribution >= 4 is 33.0 Å². The molecule has 7 heteroatoms. The van der Waals surface area contributed by atoms with Gasteiger partial charge in [-0.2, -0.15) is 0 Å². The van der Waals surface area contributed by atoms with E-state index in [4.69, 9.17) is 18.3 Å². The first-order valence-electron chi connectivity index (χ1n) is 12.9. The summed E-state index contributed by atoms with van der Waals surface area (Å²) in [6, 6.07) is 21.2. The zero-order valence-electron chi connectivity index (χ0n) is 23.5. The van der Waals surface area contributed by atoms with E-state index in [1.807, 2.05) is 12.1 Å². The Morgan fingerprint density at radius 2 is 1.42 bits per heavy atom. The highest BCUT2D eigenvalue weighted by Crippen LogP contribution is 2.41. The molecular formula is C29H44O5Si2. The zero-order chi connectivity index (χ0) is 26.8. The van der Waals surface area contributed by atoms with Gasteiger partial charge in [-0.1, -0.05) is 81.4 Å². The molecule has 1 aliphatic heterocycles. The van der Waals surface area contributed by atoms with E-state index in [-0.39, 0.29) is 23.0 Å². The van der Waals surface area contributed by atoms with Crippen molar-refractivity contribution in [3.63, 3.8) is 0 Å². The number of hydrogen-bond donors (Lipinski definition) is 0. The first-order chi connectivity index (χ1) is 16.7. The van der Waals surface area contributed by atoms with Gasteiger partial charge in [0.2, 0.25) is 6.29 Å². The third-order valence-electron chi connectivity index (χ3n) is 6.82. The molecule has 1 fully saturated rings. The van der Waals surface area contributed by atoms with Gasteiger partial charge in [-0.05, 0) is 55.3 Å². The molecule has 3 atom stereocenters. The summed E-state index contributed by atoms with van der Waals surface area (Å²) in [5.74, 6) is -0.428. The van der Waals surface area contributed by atoms with Gasteiger partial charge in [0.25, 0.3) is 8.32 Å². The molecule has 198 valence electrons. The van der Waals surface area contributed by atoms with Crippen LogP contribution in [0.5, 0.6) is 0 Å². The molecule has 1 saturated heterocycles. The summed E-state index contributed by atoms with van der Waals surface area (Å²) in [5, 5.41) is 2.35. The second-order valence-corrected chi connectivity index (χ2v) is 21.1. The Bertz CT molecular complexity index is 956. The first-order valence-corrected chi connectivity index (χ1v) is 18.3. The van der Waals surface area contributed by atoms with Crippen LogP contribution in [-0.4, -0.2) is 47.2 Å². The van der Waals surface area contributed by atoms with Crippen LogP contribution >= 0.6 is 0 Å². The second-order valence-electron chi connectivity index (χ2n) is 12.4. The Balaban J connectivity index is 1.94. The van der Waals surface area contributed by atoms with Gasteiger partial charge in [0.1, 0.15) is 0 Å². The topological polar surface area (TPSA) is 54.0 Å². The number of carbonyl (C=O) groups is 1. The van der Waals surface area contributed by atoms with Gasteiger partial charge in [-0.25, -0.2) is 0 Å². The lowest BCUT2D eigenvalue weighted by molar-refractivity contribution is -0.190. The highest BCUT2D eigenvalue weighted by Gasteiger charge is 2.52. The van der Waals surface area contributed by atoms with Crippen molar-refractivity contribution in [2.45, 2.75) is 90.6 Å². The highest BCUT2D eigenvalue weighted by molar-refractivity contribution is 6.99. The summed E-state index contributed by atoms with van der Waals surface area (Å²) in [6.07, 6.45) is -0.153. The Morgan fingerprint density at radius 1 is 0.917 bits per heavy atom. The lowest BCUT2D eigenvalue weighted by Gasteiger charge is -2.43. The average Bonchev–Trinajstić information content (AvgIpc) is 3.16. The van der Waals surface area contributed by atoms with Gasteiger partial charge < -0.3 is 18.3 Å². The molecule has 0 spiro atoms. The monoisotopic (exact) mass is 528 g/mol. The van der Waals surface area contributed by atoms with Gasteiger partial charge >= 0.3 is 5.97 Å². The molecule has 36 heavy (non-hydrogen) atoms. The minimum Gasteiger partial charge on any atom is -0.435 e. The number of carbonyl (C=O) groups excluding carboxylic acids is 1. The molecule has 0 bridgehead atoms. The fraction of sp³-hybridized carbons (Fsp3) is 0.552. The largest absolute Gasteiger partial charge is 0.435 e. The highest BCUT2D eigenvalue weighted by atomic mass is 28.4. The van der Waals surface area contributed by atoms with Gasteiger partial charge in [-0.3, -0.25) is 4.79 Å². The molecule has 0 amide bonds. The molecule has 5 nitrogen and oxygen atoms in total. The van der Waals surface area contributed by atoms with E-state index in [9.17, 15) is 4.79 Å². The Kier molecular flexibility index (Phi) is 8.73. The van der Waals surface area contributed by atoms with Gasteiger partial charge in [-0.15, -0.1) is 0 Å². The molecule has 1 unspecified atom stereocenters. The first kappa shape index (κ1) is 28.8. The maximum absolute atomic E-state index is 11.9.